The van der Waals surface area contributed by atoms with Crippen LogP contribution in [-0.2, 0) is 6.54 Å². The summed E-state index contributed by atoms with van der Waals surface area (Å²) in [6.45, 7) is 2.65. The van der Waals surface area contributed by atoms with Crippen molar-refractivity contribution in [3.05, 3.63) is 34.1 Å². The summed E-state index contributed by atoms with van der Waals surface area (Å²) >= 11 is 4.87. The number of halogens is 2. The summed E-state index contributed by atoms with van der Waals surface area (Å²) < 4.78 is 13.5. The van der Waals surface area contributed by atoms with Crippen LogP contribution in [0.5, 0.6) is 0 Å². The predicted octanol–water partition coefficient (Wildman–Crippen LogP) is 3.81. The van der Waals surface area contributed by atoms with Crippen molar-refractivity contribution in [2.45, 2.75) is 24.1 Å². The van der Waals surface area contributed by atoms with Crippen molar-refractivity contribution in [1.29, 1.82) is 5.26 Å². The van der Waals surface area contributed by atoms with Crippen molar-refractivity contribution in [1.82, 2.24) is 4.90 Å². The number of thioether (sulfide) groups is 1. The van der Waals surface area contributed by atoms with Crippen LogP contribution in [-0.4, -0.2) is 29.0 Å². The molecule has 0 amide bonds. The molecule has 0 aliphatic carbocycles. The van der Waals surface area contributed by atoms with E-state index in [1.807, 2.05) is 18.4 Å². The van der Waals surface area contributed by atoms with Crippen LogP contribution in [0.1, 0.15) is 18.4 Å². The molecule has 19 heavy (non-hydrogen) atoms. The summed E-state index contributed by atoms with van der Waals surface area (Å²) in [5, 5.41) is 9.25. The third-order valence-electron chi connectivity index (χ3n) is 3.65. The van der Waals surface area contributed by atoms with Gasteiger partial charge in [-0.05, 0) is 52.7 Å². The van der Waals surface area contributed by atoms with E-state index in [2.05, 4.69) is 26.9 Å². The normalized spacial score (nSPS) is 19.1. The summed E-state index contributed by atoms with van der Waals surface area (Å²) in [6, 6.07) is 7.59. The van der Waals surface area contributed by atoms with Gasteiger partial charge < -0.3 is 0 Å². The lowest BCUT2D eigenvalue weighted by atomic mass is 9.97. The number of rotatable bonds is 3. The fourth-order valence-corrected chi connectivity index (χ4v) is 3.44. The smallest absolute Gasteiger partial charge is 0.137 e. The van der Waals surface area contributed by atoms with Crippen molar-refractivity contribution < 1.29 is 4.39 Å². The molecule has 0 radical (unpaired) electrons. The van der Waals surface area contributed by atoms with E-state index in [-0.39, 0.29) is 10.6 Å². The van der Waals surface area contributed by atoms with Crippen LogP contribution in [0.15, 0.2) is 22.7 Å². The average Bonchev–Trinajstić information content (AvgIpc) is 2.44. The van der Waals surface area contributed by atoms with Gasteiger partial charge in [-0.1, -0.05) is 6.07 Å². The molecular weight excluding hydrogens is 327 g/mol. The zero-order valence-electron chi connectivity index (χ0n) is 10.8. The molecule has 1 aromatic rings. The highest BCUT2D eigenvalue weighted by molar-refractivity contribution is 9.10. The molecule has 0 bridgehead atoms. The number of benzene rings is 1. The third kappa shape index (κ3) is 3.50. The van der Waals surface area contributed by atoms with E-state index in [1.165, 1.54) is 6.07 Å². The maximum Gasteiger partial charge on any atom is 0.137 e. The van der Waals surface area contributed by atoms with Crippen LogP contribution in [0.3, 0.4) is 0 Å². The van der Waals surface area contributed by atoms with Gasteiger partial charge in [0.2, 0.25) is 0 Å². The Balaban J connectivity index is 1.96. The van der Waals surface area contributed by atoms with E-state index in [0.717, 1.165) is 38.0 Å². The maximum atomic E-state index is 13.2. The van der Waals surface area contributed by atoms with Crippen LogP contribution in [0.2, 0.25) is 0 Å². The van der Waals surface area contributed by atoms with Crippen molar-refractivity contribution in [2.24, 2.45) is 0 Å². The highest BCUT2D eigenvalue weighted by atomic mass is 79.9. The molecule has 2 nitrogen and oxygen atoms in total. The second-order valence-corrected chi connectivity index (χ2v) is 6.88. The molecule has 1 aromatic carbocycles. The number of hydrogen-bond donors (Lipinski definition) is 0. The molecule has 1 aliphatic heterocycles. The van der Waals surface area contributed by atoms with Crippen molar-refractivity contribution in [3.8, 4) is 6.07 Å². The standard InChI is InChI=1S/C14H16BrFN2S/c1-19-14(10-17)4-6-18(7-5-14)9-11-2-3-13(16)12(15)8-11/h2-3,8H,4-7,9H2,1H3. The first-order valence-electron chi connectivity index (χ1n) is 6.21. The molecule has 0 aromatic heterocycles. The summed E-state index contributed by atoms with van der Waals surface area (Å²) in [5.41, 5.74) is 1.10. The molecule has 0 unspecified atom stereocenters. The third-order valence-corrected chi connectivity index (χ3v) is 5.54. The lowest BCUT2D eigenvalue weighted by Gasteiger charge is -2.36. The van der Waals surface area contributed by atoms with Crippen molar-refractivity contribution in [3.63, 3.8) is 0 Å². The molecule has 1 fully saturated rings. The number of nitriles is 1. The molecule has 0 N–H and O–H groups in total. The minimum Gasteiger partial charge on any atom is -0.299 e. The molecule has 0 saturated carbocycles. The summed E-state index contributed by atoms with van der Waals surface area (Å²) in [4.78, 5) is 2.32. The first kappa shape index (κ1) is 14.8. The second kappa shape index (κ2) is 6.25. The van der Waals surface area contributed by atoms with Gasteiger partial charge in [-0.3, -0.25) is 4.90 Å². The Morgan fingerprint density at radius 2 is 2.16 bits per heavy atom. The van der Waals surface area contributed by atoms with Crippen LogP contribution >= 0.6 is 27.7 Å². The molecule has 1 saturated heterocycles. The van der Waals surface area contributed by atoms with Gasteiger partial charge in [0.15, 0.2) is 0 Å². The summed E-state index contributed by atoms with van der Waals surface area (Å²) in [5.74, 6) is -0.228. The fraction of sp³-hybridized carbons (Fsp3) is 0.500. The monoisotopic (exact) mass is 342 g/mol. The van der Waals surface area contributed by atoms with E-state index in [1.54, 1.807) is 11.8 Å². The van der Waals surface area contributed by atoms with Crippen LogP contribution in [0.25, 0.3) is 0 Å². The Hall–Kier alpha value is -0.570. The highest BCUT2D eigenvalue weighted by Gasteiger charge is 2.33. The topological polar surface area (TPSA) is 27.0 Å². The van der Waals surface area contributed by atoms with Gasteiger partial charge in [0, 0.05) is 19.6 Å². The van der Waals surface area contributed by atoms with Crippen molar-refractivity contribution in [2.75, 3.05) is 19.3 Å². The zero-order chi connectivity index (χ0) is 13.9. The van der Waals surface area contributed by atoms with E-state index in [4.69, 9.17) is 0 Å². The van der Waals surface area contributed by atoms with E-state index >= 15 is 0 Å². The van der Waals surface area contributed by atoms with Crippen molar-refractivity contribution >= 4 is 27.7 Å². The number of nitrogens with zero attached hydrogens (tertiary/aromatic N) is 2. The maximum absolute atomic E-state index is 13.2. The van der Waals surface area contributed by atoms with E-state index < -0.39 is 0 Å². The lowest BCUT2D eigenvalue weighted by Crippen LogP contribution is -2.41. The first-order valence-corrected chi connectivity index (χ1v) is 8.23. The van der Waals surface area contributed by atoms with Gasteiger partial charge in [0.25, 0.3) is 0 Å². The molecule has 1 heterocycles. The van der Waals surface area contributed by atoms with Gasteiger partial charge >= 0.3 is 0 Å². The minimum atomic E-state index is -0.228. The van der Waals surface area contributed by atoms with Gasteiger partial charge in [-0.15, -0.1) is 11.8 Å². The predicted molar refractivity (Wildman–Crippen MR) is 80.5 cm³/mol. The zero-order valence-corrected chi connectivity index (χ0v) is 13.2. The minimum absolute atomic E-state index is 0.208. The molecule has 102 valence electrons. The Kier molecular flexibility index (Phi) is 4.88. The molecule has 0 spiro atoms. The Labute approximate surface area is 126 Å². The lowest BCUT2D eigenvalue weighted by molar-refractivity contribution is 0.209. The molecule has 2 rings (SSSR count). The van der Waals surface area contributed by atoms with E-state index in [9.17, 15) is 9.65 Å². The first-order chi connectivity index (χ1) is 9.08. The van der Waals surface area contributed by atoms with Gasteiger partial charge in [0.1, 0.15) is 10.6 Å². The Bertz CT molecular complexity index is 493. The SMILES string of the molecule is CSC1(C#N)CCN(Cc2ccc(F)c(Br)c2)CC1. The van der Waals surface area contributed by atoms with Gasteiger partial charge in [-0.25, -0.2) is 4.39 Å². The molecule has 0 atom stereocenters. The summed E-state index contributed by atoms with van der Waals surface area (Å²) in [7, 11) is 0. The summed E-state index contributed by atoms with van der Waals surface area (Å²) in [6.07, 6.45) is 3.80. The fourth-order valence-electron chi connectivity index (χ4n) is 2.33. The Morgan fingerprint density at radius 3 is 2.68 bits per heavy atom. The van der Waals surface area contributed by atoms with Gasteiger partial charge in [-0.2, -0.15) is 5.26 Å². The quantitative estimate of drug-likeness (QED) is 0.835. The molecular formula is C14H16BrFN2S. The van der Waals surface area contributed by atoms with Crippen LogP contribution < -0.4 is 0 Å². The average molecular weight is 343 g/mol. The number of hydrogen-bond acceptors (Lipinski definition) is 3. The largest absolute Gasteiger partial charge is 0.299 e. The molecule has 1 aliphatic rings. The number of piperidine rings is 1. The number of likely N-dealkylation sites (tertiary alicyclic amines) is 1. The second-order valence-electron chi connectivity index (χ2n) is 4.83. The van der Waals surface area contributed by atoms with Crippen LogP contribution in [0.4, 0.5) is 4.39 Å². The highest BCUT2D eigenvalue weighted by Crippen LogP contribution is 2.34. The van der Waals surface area contributed by atoms with Crippen LogP contribution in [0, 0.1) is 17.1 Å². The van der Waals surface area contributed by atoms with E-state index in [0.29, 0.717) is 4.47 Å². The van der Waals surface area contributed by atoms with Gasteiger partial charge in [0.05, 0.1) is 10.5 Å². The Morgan fingerprint density at radius 1 is 1.47 bits per heavy atom. The molecule has 5 heteroatoms.